The van der Waals surface area contributed by atoms with E-state index in [2.05, 4.69) is 15.4 Å². The van der Waals surface area contributed by atoms with E-state index in [-0.39, 0.29) is 18.9 Å². The number of rotatable bonds is 6. The molecule has 6 nitrogen and oxygen atoms in total. The second kappa shape index (κ2) is 7.32. The van der Waals surface area contributed by atoms with Crippen molar-refractivity contribution >= 4 is 12.0 Å². The number of carbonyl (C=O) groups excluding carboxylic acids is 2. The molecule has 0 aromatic carbocycles. The van der Waals surface area contributed by atoms with Gasteiger partial charge in [-0.3, -0.25) is 4.79 Å². The first kappa shape index (κ1) is 13.1. The Labute approximate surface area is 99.3 Å². The van der Waals surface area contributed by atoms with Crippen LogP contribution in [0.15, 0.2) is 22.8 Å². The molecule has 0 saturated carbocycles. The largest absolute Gasteiger partial charge is 0.467 e. The fourth-order valence-electron chi connectivity index (χ4n) is 1.15. The molecular weight excluding hydrogens is 224 g/mol. The first-order valence-corrected chi connectivity index (χ1v) is 5.42. The van der Waals surface area contributed by atoms with Gasteiger partial charge < -0.3 is 19.8 Å². The Kier molecular flexibility index (Phi) is 5.63. The van der Waals surface area contributed by atoms with Gasteiger partial charge >= 0.3 is 6.09 Å². The molecule has 94 valence electrons. The summed E-state index contributed by atoms with van der Waals surface area (Å²) in [5.74, 6) is 0.537. The molecule has 2 amide bonds. The predicted molar refractivity (Wildman–Crippen MR) is 60.2 cm³/mol. The lowest BCUT2D eigenvalue weighted by Gasteiger charge is -2.05. The molecule has 1 rings (SSSR count). The van der Waals surface area contributed by atoms with Gasteiger partial charge in [-0.2, -0.15) is 0 Å². The zero-order valence-corrected chi connectivity index (χ0v) is 9.69. The second-order valence-corrected chi connectivity index (χ2v) is 3.25. The molecule has 17 heavy (non-hydrogen) atoms. The van der Waals surface area contributed by atoms with Crippen molar-refractivity contribution in [3.05, 3.63) is 24.2 Å². The summed E-state index contributed by atoms with van der Waals surface area (Å²) in [5.41, 5.74) is 0. The van der Waals surface area contributed by atoms with Crippen molar-refractivity contribution in [3.63, 3.8) is 0 Å². The minimum absolute atomic E-state index is 0.154. The Bertz CT molecular complexity index is 348. The molecule has 0 saturated heterocycles. The van der Waals surface area contributed by atoms with Crippen LogP contribution in [0.3, 0.4) is 0 Å². The van der Waals surface area contributed by atoms with Crippen LogP contribution in [0.4, 0.5) is 4.79 Å². The van der Waals surface area contributed by atoms with E-state index in [9.17, 15) is 9.59 Å². The van der Waals surface area contributed by atoms with Gasteiger partial charge in [0.05, 0.1) is 19.4 Å². The van der Waals surface area contributed by atoms with Gasteiger partial charge in [0.25, 0.3) is 0 Å². The molecule has 0 unspecified atom stereocenters. The molecule has 1 aromatic heterocycles. The van der Waals surface area contributed by atoms with E-state index in [1.807, 2.05) is 0 Å². The Morgan fingerprint density at radius 2 is 2.24 bits per heavy atom. The van der Waals surface area contributed by atoms with Crippen molar-refractivity contribution in [3.8, 4) is 0 Å². The average molecular weight is 240 g/mol. The molecule has 1 aromatic rings. The number of hydrogen-bond donors (Lipinski definition) is 2. The lowest BCUT2D eigenvalue weighted by Crippen LogP contribution is -2.30. The molecule has 1 heterocycles. The molecule has 0 aliphatic carbocycles. The number of carbonyl (C=O) groups is 2. The molecule has 0 fully saturated rings. The van der Waals surface area contributed by atoms with E-state index >= 15 is 0 Å². The van der Waals surface area contributed by atoms with Crippen LogP contribution in [0.25, 0.3) is 0 Å². The summed E-state index contributed by atoms with van der Waals surface area (Å²) in [6, 6.07) is 3.53. The van der Waals surface area contributed by atoms with E-state index in [4.69, 9.17) is 4.42 Å². The summed E-state index contributed by atoms with van der Waals surface area (Å²) in [7, 11) is 0. The van der Waals surface area contributed by atoms with Crippen LogP contribution in [0.5, 0.6) is 0 Å². The summed E-state index contributed by atoms with van der Waals surface area (Å²) in [6.07, 6.45) is 1.25. The Balaban J connectivity index is 2.07. The van der Waals surface area contributed by atoms with Crippen LogP contribution in [0.2, 0.25) is 0 Å². The lowest BCUT2D eigenvalue weighted by atomic mass is 10.3. The molecule has 0 spiro atoms. The highest BCUT2D eigenvalue weighted by atomic mass is 16.5. The zero-order chi connectivity index (χ0) is 12.5. The summed E-state index contributed by atoms with van der Waals surface area (Å²) in [4.78, 5) is 22.2. The smallest absolute Gasteiger partial charge is 0.407 e. The predicted octanol–water partition coefficient (Wildman–Crippen LogP) is 1.03. The number of hydrogen-bond acceptors (Lipinski definition) is 4. The van der Waals surface area contributed by atoms with Crippen molar-refractivity contribution in [2.24, 2.45) is 0 Å². The van der Waals surface area contributed by atoms with Crippen molar-refractivity contribution in [1.29, 1.82) is 0 Å². The van der Waals surface area contributed by atoms with Gasteiger partial charge in [0, 0.05) is 13.0 Å². The molecule has 0 aliphatic heterocycles. The number of alkyl carbamates (subject to hydrolysis) is 1. The first-order chi connectivity index (χ1) is 8.22. The maximum atomic E-state index is 11.3. The summed E-state index contributed by atoms with van der Waals surface area (Å²) >= 11 is 0. The van der Waals surface area contributed by atoms with Crippen LogP contribution in [-0.2, 0) is 16.1 Å². The van der Waals surface area contributed by atoms with Crippen molar-refractivity contribution < 1.29 is 18.7 Å². The Morgan fingerprint density at radius 1 is 1.41 bits per heavy atom. The first-order valence-electron chi connectivity index (χ1n) is 5.42. The van der Waals surface area contributed by atoms with Crippen LogP contribution in [-0.4, -0.2) is 25.2 Å². The summed E-state index contributed by atoms with van der Waals surface area (Å²) < 4.78 is 9.70. The van der Waals surface area contributed by atoms with Gasteiger partial charge in [0.1, 0.15) is 5.76 Å². The van der Waals surface area contributed by atoms with Crippen molar-refractivity contribution in [2.75, 3.05) is 13.2 Å². The maximum absolute atomic E-state index is 11.3. The minimum Gasteiger partial charge on any atom is -0.467 e. The third-order valence-electron chi connectivity index (χ3n) is 1.94. The highest BCUT2D eigenvalue weighted by Crippen LogP contribution is 1.98. The van der Waals surface area contributed by atoms with Crippen molar-refractivity contribution in [2.45, 2.75) is 19.9 Å². The molecular formula is C11H16N2O4. The maximum Gasteiger partial charge on any atom is 0.407 e. The number of nitrogens with one attached hydrogen (secondary N) is 2. The lowest BCUT2D eigenvalue weighted by molar-refractivity contribution is -0.121. The van der Waals surface area contributed by atoms with Gasteiger partial charge in [-0.15, -0.1) is 0 Å². The molecule has 0 aliphatic rings. The number of furan rings is 1. The number of amides is 2. The normalized spacial score (nSPS) is 9.71. The van der Waals surface area contributed by atoms with Gasteiger partial charge in [0.2, 0.25) is 5.91 Å². The van der Waals surface area contributed by atoms with Gasteiger partial charge in [-0.05, 0) is 19.1 Å². The van der Waals surface area contributed by atoms with Crippen LogP contribution in [0.1, 0.15) is 19.1 Å². The monoisotopic (exact) mass is 240 g/mol. The Morgan fingerprint density at radius 3 is 2.88 bits per heavy atom. The highest BCUT2D eigenvalue weighted by Gasteiger charge is 2.04. The molecule has 0 bridgehead atoms. The third-order valence-corrected chi connectivity index (χ3v) is 1.94. The molecule has 2 N–H and O–H groups in total. The topological polar surface area (TPSA) is 80.6 Å². The fourth-order valence-corrected chi connectivity index (χ4v) is 1.15. The summed E-state index contributed by atoms with van der Waals surface area (Å²) in [5, 5.41) is 5.13. The molecule has 6 heteroatoms. The average Bonchev–Trinajstić information content (AvgIpc) is 2.79. The van der Waals surface area contributed by atoms with E-state index in [1.54, 1.807) is 25.3 Å². The third kappa shape index (κ3) is 5.60. The fraction of sp³-hybridized carbons (Fsp3) is 0.455. The van der Waals surface area contributed by atoms with Gasteiger partial charge in [0.15, 0.2) is 0 Å². The van der Waals surface area contributed by atoms with Gasteiger partial charge in [-0.25, -0.2) is 4.79 Å². The highest BCUT2D eigenvalue weighted by molar-refractivity contribution is 5.76. The van der Waals surface area contributed by atoms with Crippen molar-refractivity contribution in [1.82, 2.24) is 10.6 Å². The summed E-state index contributed by atoms with van der Waals surface area (Å²) in [6.45, 7) is 2.64. The second-order valence-electron chi connectivity index (χ2n) is 3.25. The van der Waals surface area contributed by atoms with E-state index in [0.29, 0.717) is 18.9 Å². The van der Waals surface area contributed by atoms with E-state index < -0.39 is 6.09 Å². The van der Waals surface area contributed by atoms with Crippen LogP contribution >= 0.6 is 0 Å². The van der Waals surface area contributed by atoms with E-state index in [0.717, 1.165) is 0 Å². The molecule has 0 radical (unpaired) electrons. The standard InChI is InChI=1S/C11H16N2O4/c1-2-16-11(15)12-6-5-10(14)13-8-9-4-3-7-17-9/h3-4,7H,2,5-6,8H2,1H3,(H,12,15)(H,13,14). The zero-order valence-electron chi connectivity index (χ0n) is 9.69. The number of ether oxygens (including phenoxy) is 1. The Hall–Kier alpha value is -1.98. The minimum atomic E-state index is -0.508. The SMILES string of the molecule is CCOC(=O)NCCC(=O)NCc1ccco1. The van der Waals surface area contributed by atoms with Crippen LogP contribution < -0.4 is 10.6 Å². The quantitative estimate of drug-likeness (QED) is 0.778. The van der Waals surface area contributed by atoms with Crippen LogP contribution in [0, 0.1) is 0 Å². The van der Waals surface area contributed by atoms with Gasteiger partial charge in [-0.1, -0.05) is 0 Å². The van der Waals surface area contributed by atoms with E-state index in [1.165, 1.54) is 0 Å². The molecule has 0 atom stereocenters.